The van der Waals surface area contributed by atoms with E-state index in [4.69, 9.17) is 11.5 Å². The van der Waals surface area contributed by atoms with E-state index in [2.05, 4.69) is 0 Å². The summed E-state index contributed by atoms with van der Waals surface area (Å²) in [6.07, 6.45) is 7.49. The Bertz CT molecular complexity index is 81.3. The van der Waals surface area contributed by atoms with Crippen LogP contribution in [0.15, 0.2) is 0 Å². The minimum atomic E-state index is 0.264. The van der Waals surface area contributed by atoms with E-state index in [-0.39, 0.29) is 12.1 Å². The van der Waals surface area contributed by atoms with Crippen LogP contribution >= 0.6 is 0 Å². The third-order valence-corrected chi connectivity index (χ3v) is 2.37. The Kier molecular flexibility index (Phi) is 3.16. The summed E-state index contributed by atoms with van der Waals surface area (Å²) >= 11 is 0. The van der Waals surface area contributed by atoms with Crippen LogP contribution in [-0.4, -0.2) is 12.1 Å². The molecule has 60 valence electrons. The Balaban J connectivity index is 2.28. The number of nitrogens with two attached hydrogens (primary N) is 2. The van der Waals surface area contributed by atoms with Crippen LogP contribution in [0.1, 0.15) is 38.5 Å². The monoisotopic (exact) mass is 142 g/mol. The van der Waals surface area contributed by atoms with Gasteiger partial charge in [0.2, 0.25) is 0 Å². The standard InChI is InChI=1S/C8H18N2/c9-7-5-3-1-2-4-6-8(7)10/h7-8H,1-6,9-10H2. The summed E-state index contributed by atoms with van der Waals surface area (Å²) in [4.78, 5) is 0. The highest BCUT2D eigenvalue weighted by molar-refractivity contribution is 4.77. The van der Waals surface area contributed by atoms with E-state index in [0.717, 1.165) is 12.8 Å². The molecule has 0 aromatic rings. The van der Waals surface area contributed by atoms with Crippen molar-refractivity contribution in [3.05, 3.63) is 0 Å². The molecule has 0 saturated heterocycles. The fourth-order valence-electron chi connectivity index (χ4n) is 1.54. The predicted molar refractivity (Wildman–Crippen MR) is 43.7 cm³/mol. The van der Waals surface area contributed by atoms with Gasteiger partial charge in [0.05, 0.1) is 0 Å². The van der Waals surface area contributed by atoms with Crippen LogP contribution in [0.3, 0.4) is 0 Å². The highest BCUT2D eigenvalue weighted by Gasteiger charge is 2.14. The van der Waals surface area contributed by atoms with Gasteiger partial charge in [0.1, 0.15) is 0 Å². The Labute approximate surface area is 63.0 Å². The fraction of sp³-hybridized carbons (Fsp3) is 1.00. The van der Waals surface area contributed by atoms with Gasteiger partial charge in [0.25, 0.3) is 0 Å². The summed E-state index contributed by atoms with van der Waals surface area (Å²) < 4.78 is 0. The average Bonchev–Trinajstić information content (AvgIpc) is 1.92. The molecule has 0 aliphatic heterocycles. The van der Waals surface area contributed by atoms with Crippen LogP contribution in [0.25, 0.3) is 0 Å². The first-order chi connectivity index (χ1) is 4.80. The molecule has 1 aliphatic carbocycles. The largest absolute Gasteiger partial charge is 0.326 e. The lowest BCUT2D eigenvalue weighted by atomic mass is 9.94. The third-order valence-electron chi connectivity index (χ3n) is 2.37. The van der Waals surface area contributed by atoms with E-state index in [1.54, 1.807) is 0 Å². The second-order valence-corrected chi connectivity index (χ2v) is 3.32. The zero-order valence-electron chi connectivity index (χ0n) is 6.55. The van der Waals surface area contributed by atoms with E-state index in [1.165, 1.54) is 25.7 Å². The van der Waals surface area contributed by atoms with Gasteiger partial charge in [-0.3, -0.25) is 0 Å². The van der Waals surface area contributed by atoms with Crippen LogP contribution in [0.4, 0.5) is 0 Å². The summed E-state index contributed by atoms with van der Waals surface area (Å²) in [5.74, 6) is 0. The first kappa shape index (κ1) is 8.02. The second-order valence-electron chi connectivity index (χ2n) is 3.32. The lowest BCUT2D eigenvalue weighted by Crippen LogP contribution is -2.41. The Morgan fingerprint density at radius 3 is 1.50 bits per heavy atom. The van der Waals surface area contributed by atoms with Crippen molar-refractivity contribution in [2.24, 2.45) is 11.5 Å². The second kappa shape index (κ2) is 3.94. The maximum absolute atomic E-state index is 5.82. The van der Waals surface area contributed by atoms with E-state index in [0.29, 0.717) is 0 Å². The van der Waals surface area contributed by atoms with E-state index >= 15 is 0 Å². The molecule has 4 N–H and O–H groups in total. The SMILES string of the molecule is NC1CCCCCCC1N. The molecule has 0 bridgehead atoms. The zero-order chi connectivity index (χ0) is 7.40. The minimum absolute atomic E-state index is 0.264. The van der Waals surface area contributed by atoms with Crippen molar-refractivity contribution < 1.29 is 0 Å². The number of hydrogen-bond acceptors (Lipinski definition) is 2. The summed E-state index contributed by atoms with van der Waals surface area (Å²) in [6, 6.07) is 0.528. The Hall–Kier alpha value is -0.0800. The first-order valence-corrected chi connectivity index (χ1v) is 4.32. The van der Waals surface area contributed by atoms with Crippen molar-refractivity contribution in [1.82, 2.24) is 0 Å². The van der Waals surface area contributed by atoms with Crippen molar-refractivity contribution in [1.29, 1.82) is 0 Å². The molecule has 2 atom stereocenters. The molecule has 10 heavy (non-hydrogen) atoms. The molecule has 0 amide bonds. The molecule has 0 aromatic heterocycles. The van der Waals surface area contributed by atoms with Gasteiger partial charge in [0, 0.05) is 12.1 Å². The Morgan fingerprint density at radius 1 is 0.700 bits per heavy atom. The van der Waals surface area contributed by atoms with Gasteiger partial charge in [-0.05, 0) is 12.8 Å². The molecule has 1 rings (SSSR count). The molecule has 0 spiro atoms. The molecular weight excluding hydrogens is 124 g/mol. The van der Waals surface area contributed by atoms with Crippen LogP contribution in [0.5, 0.6) is 0 Å². The van der Waals surface area contributed by atoms with Crippen LogP contribution in [0, 0.1) is 0 Å². The van der Waals surface area contributed by atoms with E-state index < -0.39 is 0 Å². The summed E-state index contributed by atoms with van der Waals surface area (Å²) in [6.45, 7) is 0. The van der Waals surface area contributed by atoms with Gasteiger partial charge in [-0.25, -0.2) is 0 Å². The Morgan fingerprint density at radius 2 is 1.10 bits per heavy atom. The van der Waals surface area contributed by atoms with Crippen molar-refractivity contribution in [2.45, 2.75) is 50.6 Å². The number of hydrogen-bond donors (Lipinski definition) is 2. The van der Waals surface area contributed by atoms with Gasteiger partial charge in [-0.1, -0.05) is 25.7 Å². The topological polar surface area (TPSA) is 52.0 Å². The molecule has 0 aromatic carbocycles. The maximum Gasteiger partial charge on any atom is 0.0192 e. The maximum atomic E-state index is 5.82. The predicted octanol–water partition coefficient (Wildman–Crippen LogP) is 0.995. The molecule has 0 heterocycles. The van der Waals surface area contributed by atoms with Crippen molar-refractivity contribution in [3.8, 4) is 0 Å². The average molecular weight is 142 g/mol. The zero-order valence-corrected chi connectivity index (χ0v) is 6.55. The van der Waals surface area contributed by atoms with Gasteiger partial charge in [-0.2, -0.15) is 0 Å². The normalized spacial score (nSPS) is 36.6. The van der Waals surface area contributed by atoms with E-state index in [1.807, 2.05) is 0 Å². The van der Waals surface area contributed by atoms with Gasteiger partial charge < -0.3 is 11.5 Å². The number of rotatable bonds is 0. The van der Waals surface area contributed by atoms with Crippen molar-refractivity contribution in [3.63, 3.8) is 0 Å². The fourth-order valence-corrected chi connectivity index (χ4v) is 1.54. The lowest BCUT2D eigenvalue weighted by Gasteiger charge is -2.22. The first-order valence-electron chi connectivity index (χ1n) is 4.32. The van der Waals surface area contributed by atoms with E-state index in [9.17, 15) is 0 Å². The quantitative estimate of drug-likeness (QED) is 0.530. The third kappa shape index (κ3) is 2.27. The van der Waals surface area contributed by atoms with Gasteiger partial charge in [0.15, 0.2) is 0 Å². The molecule has 1 saturated carbocycles. The lowest BCUT2D eigenvalue weighted by molar-refractivity contribution is 0.403. The molecule has 2 heteroatoms. The summed E-state index contributed by atoms with van der Waals surface area (Å²) in [5, 5.41) is 0. The van der Waals surface area contributed by atoms with Crippen LogP contribution < -0.4 is 11.5 Å². The molecule has 1 fully saturated rings. The molecule has 2 unspecified atom stereocenters. The van der Waals surface area contributed by atoms with Gasteiger partial charge >= 0.3 is 0 Å². The summed E-state index contributed by atoms with van der Waals surface area (Å²) in [5.41, 5.74) is 11.6. The molecule has 2 nitrogen and oxygen atoms in total. The molecule has 1 aliphatic rings. The van der Waals surface area contributed by atoms with Crippen molar-refractivity contribution in [2.75, 3.05) is 0 Å². The van der Waals surface area contributed by atoms with Crippen molar-refractivity contribution >= 4 is 0 Å². The van der Waals surface area contributed by atoms with Crippen LogP contribution in [-0.2, 0) is 0 Å². The molecule has 0 radical (unpaired) electrons. The summed E-state index contributed by atoms with van der Waals surface area (Å²) in [7, 11) is 0. The highest BCUT2D eigenvalue weighted by Crippen LogP contribution is 2.14. The molecular formula is C8H18N2. The minimum Gasteiger partial charge on any atom is -0.326 e. The smallest absolute Gasteiger partial charge is 0.0192 e. The highest BCUT2D eigenvalue weighted by atomic mass is 14.8. The van der Waals surface area contributed by atoms with Crippen LogP contribution in [0.2, 0.25) is 0 Å². The van der Waals surface area contributed by atoms with Gasteiger partial charge in [-0.15, -0.1) is 0 Å².